The van der Waals surface area contributed by atoms with Gasteiger partial charge in [0.05, 0.1) is 5.75 Å². The van der Waals surface area contributed by atoms with Crippen LogP contribution in [-0.4, -0.2) is 36.6 Å². The lowest BCUT2D eigenvalue weighted by atomic mass is 10.4. The van der Waals surface area contributed by atoms with Crippen LogP contribution in [0.2, 0.25) is 0 Å². The fourth-order valence-corrected chi connectivity index (χ4v) is 0.881. The van der Waals surface area contributed by atoms with Crippen LogP contribution < -0.4 is 5.32 Å². The Balaban J connectivity index is 3.66. The number of halogens is 1. The summed E-state index contributed by atoms with van der Waals surface area (Å²) < 4.78 is 28.6. The molecule has 2 N–H and O–H groups in total. The Morgan fingerprint density at radius 1 is 1.67 bits per heavy atom. The van der Waals surface area contributed by atoms with Crippen LogP contribution in [0.4, 0.5) is 0 Å². The van der Waals surface area contributed by atoms with E-state index in [-0.39, 0.29) is 6.54 Å². The SMILES string of the molecule is CC(Cl)C(=O)NCCS(=O)(=O)O. The highest BCUT2D eigenvalue weighted by atomic mass is 35.5. The van der Waals surface area contributed by atoms with Crippen LogP contribution in [0.15, 0.2) is 0 Å². The van der Waals surface area contributed by atoms with Crippen LogP contribution in [0.1, 0.15) is 6.92 Å². The minimum absolute atomic E-state index is 0.130. The average Bonchev–Trinajstić information content (AvgIpc) is 1.84. The van der Waals surface area contributed by atoms with Gasteiger partial charge in [-0.15, -0.1) is 11.6 Å². The van der Waals surface area contributed by atoms with E-state index >= 15 is 0 Å². The van der Waals surface area contributed by atoms with Crippen molar-refractivity contribution in [1.82, 2.24) is 5.32 Å². The zero-order chi connectivity index (χ0) is 9.78. The molecule has 0 fully saturated rings. The Morgan fingerprint density at radius 2 is 2.17 bits per heavy atom. The van der Waals surface area contributed by atoms with Gasteiger partial charge in [-0.05, 0) is 6.92 Å². The first-order valence-corrected chi connectivity index (χ1v) is 5.24. The molecular formula is C5H10ClNO4S. The second-order valence-electron chi connectivity index (χ2n) is 2.19. The first-order valence-electron chi connectivity index (χ1n) is 3.20. The molecule has 0 aliphatic carbocycles. The first-order chi connectivity index (χ1) is 5.33. The first kappa shape index (κ1) is 11.7. The van der Waals surface area contributed by atoms with Crippen molar-refractivity contribution in [3.05, 3.63) is 0 Å². The normalized spacial score (nSPS) is 13.9. The van der Waals surface area contributed by atoms with Crippen LogP contribution >= 0.6 is 11.6 Å². The molecule has 1 amide bonds. The monoisotopic (exact) mass is 215 g/mol. The molecule has 12 heavy (non-hydrogen) atoms. The molecule has 1 unspecified atom stereocenters. The van der Waals surface area contributed by atoms with E-state index in [0.717, 1.165) is 0 Å². The summed E-state index contributed by atoms with van der Waals surface area (Å²) in [7, 11) is -4.00. The van der Waals surface area contributed by atoms with Gasteiger partial charge in [0.2, 0.25) is 5.91 Å². The predicted octanol–water partition coefficient (Wildman–Crippen LogP) is -0.382. The predicted molar refractivity (Wildman–Crippen MR) is 44.7 cm³/mol. The van der Waals surface area contributed by atoms with Crippen molar-refractivity contribution in [2.45, 2.75) is 12.3 Å². The molecule has 0 aromatic rings. The van der Waals surface area contributed by atoms with Crippen molar-refractivity contribution < 1.29 is 17.8 Å². The third-order valence-electron chi connectivity index (χ3n) is 1.02. The summed E-state index contributed by atoms with van der Waals surface area (Å²) >= 11 is 5.35. The summed E-state index contributed by atoms with van der Waals surface area (Å²) in [6.45, 7) is 1.33. The Kier molecular flexibility index (Phi) is 4.51. The molecule has 0 aromatic carbocycles. The minimum Gasteiger partial charge on any atom is -0.354 e. The van der Waals surface area contributed by atoms with Crippen molar-refractivity contribution in [3.8, 4) is 0 Å². The third-order valence-corrected chi connectivity index (χ3v) is 1.94. The average molecular weight is 216 g/mol. The van der Waals surface area contributed by atoms with Gasteiger partial charge in [0.15, 0.2) is 0 Å². The number of nitrogens with one attached hydrogen (secondary N) is 1. The van der Waals surface area contributed by atoms with Crippen LogP contribution in [0.25, 0.3) is 0 Å². The molecule has 0 radical (unpaired) electrons. The van der Waals surface area contributed by atoms with Gasteiger partial charge in [0.1, 0.15) is 5.38 Å². The molecule has 0 aromatic heterocycles. The second kappa shape index (κ2) is 4.64. The largest absolute Gasteiger partial charge is 0.354 e. The number of carbonyl (C=O) groups excluding carboxylic acids is 1. The van der Waals surface area contributed by atoms with Crippen LogP contribution in [0.3, 0.4) is 0 Å². The lowest BCUT2D eigenvalue weighted by Gasteiger charge is -2.03. The Morgan fingerprint density at radius 3 is 2.50 bits per heavy atom. The van der Waals surface area contributed by atoms with E-state index < -0.39 is 27.2 Å². The summed E-state index contributed by atoms with van der Waals surface area (Å²) in [5.41, 5.74) is 0. The number of carbonyl (C=O) groups is 1. The highest BCUT2D eigenvalue weighted by Crippen LogP contribution is 1.91. The lowest BCUT2D eigenvalue weighted by molar-refractivity contribution is -0.120. The molecule has 5 nitrogen and oxygen atoms in total. The van der Waals surface area contributed by atoms with Crippen LogP contribution in [0.5, 0.6) is 0 Å². The molecule has 7 heteroatoms. The van der Waals surface area contributed by atoms with Crippen LogP contribution in [0, 0.1) is 0 Å². The summed E-state index contributed by atoms with van der Waals surface area (Å²) in [6, 6.07) is 0. The number of amides is 1. The fraction of sp³-hybridized carbons (Fsp3) is 0.800. The molecule has 0 aliphatic rings. The van der Waals surface area contributed by atoms with Gasteiger partial charge < -0.3 is 5.32 Å². The van der Waals surface area contributed by atoms with Crippen molar-refractivity contribution in [2.75, 3.05) is 12.3 Å². The Bertz CT molecular complexity index is 248. The second-order valence-corrected chi connectivity index (χ2v) is 4.42. The standard InChI is InChI=1S/C5H10ClNO4S/c1-4(6)5(8)7-2-3-12(9,10)11/h4H,2-3H2,1H3,(H,7,8)(H,9,10,11). The molecular weight excluding hydrogens is 206 g/mol. The fourth-order valence-electron chi connectivity index (χ4n) is 0.444. The lowest BCUT2D eigenvalue weighted by Crippen LogP contribution is -2.33. The van der Waals surface area contributed by atoms with Gasteiger partial charge in [-0.2, -0.15) is 8.42 Å². The maximum atomic E-state index is 10.7. The quantitative estimate of drug-likeness (QED) is 0.495. The highest BCUT2D eigenvalue weighted by molar-refractivity contribution is 7.85. The van der Waals surface area contributed by atoms with Gasteiger partial charge in [-0.3, -0.25) is 9.35 Å². The van der Waals surface area contributed by atoms with Gasteiger partial charge in [-0.1, -0.05) is 0 Å². The molecule has 1 atom stereocenters. The van der Waals surface area contributed by atoms with Gasteiger partial charge in [0.25, 0.3) is 10.1 Å². The van der Waals surface area contributed by atoms with Gasteiger partial charge in [0, 0.05) is 6.54 Å². The zero-order valence-corrected chi connectivity index (χ0v) is 8.02. The zero-order valence-electron chi connectivity index (χ0n) is 6.45. The molecule has 72 valence electrons. The van der Waals surface area contributed by atoms with E-state index in [1.54, 1.807) is 0 Å². The third kappa shape index (κ3) is 6.38. The number of rotatable bonds is 4. The maximum absolute atomic E-state index is 10.7. The van der Waals surface area contributed by atoms with Crippen molar-refractivity contribution >= 4 is 27.6 Å². The van der Waals surface area contributed by atoms with E-state index in [2.05, 4.69) is 5.32 Å². The highest BCUT2D eigenvalue weighted by Gasteiger charge is 2.09. The number of hydrogen-bond donors (Lipinski definition) is 2. The molecule has 0 heterocycles. The number of alkyl halides is 1. The van der Waals surface area contributed by atoms with Crippen molar-refractivity contribution in [3.63, 3.8) is 0 Å². The van der Waals surface area contributed by atoms with E-state index in [1.807, 2.05) is 0 Å². The van der Waals surface area contributed by atoms with Crippen LogP contribution in [-0.2, 0) is 14.9 Å². The summed E-state index contributed by atoms with van der Waals surface area (Å²) in [5, 5.41) is 1.53. The molecule has 0 spiro atoms. The van der Waals surface area contributed by atoms with Gasteiger partial charge >= 0.3 is 0 Å². The van der Waals surface area contributed by atoms with Crippen molar-refractivity contribution in [1.29, 1.82) is 0 Å². The molecule has 0 saturated heterocycles. The van der Waals surface area contributed by atoms with Gasteiger partial charge in [-0.25, -0.2) is 0 Å². The summed E-state index contributed by atoms with van der Waals surface area (Å²) in [6.07, 6.45) is 0. The molecule has 0 rings (SSSR count). The van der Waals surface area contributed by atoms with E-state index in [4.69, 9.17) is 16.2 Å². The molecule has 0 aliphatic heterocycles. The number of hydrogen-bond acceptors (Lipinski definition) is 3. The Labute approximate surface area is 75.8 Å². The van der Waals surface area contributed by atoms with E-state index in [0.29, 0.717) is 0 Å². The van der Waals surface area contributed by atoms with E-state index in [1.165, 1.54) is 6.92 Å². The maximum Gasteiger partial charge on any atom is 0.266 e. The smallest absolute Gasteiger partial charge is 0.266 e. The Hall–Kier alpha value is -0.330. The topological polar surface area (TPSA) is 83.5 Å². The summed E-state index contributed by atoms with van der Waals surface area (Å²) in [5.74, 6) is -0.956. The molecule has 0 bridgehead atoms. The minimum atomic E-state index is -4.00. The van der Waals surface area contributed by atoms with Crippen molar-refractivity contribution in [2.24, 2.45) is 0 Å². The van der Waals surface area contributed by atoms with E-state index in [9.17, 15) is 13.2 Å². The summed E-state index contributed by atoms with van der Waals surface area (Å²) in [4.78, 5) is 10.7. The molecule has 0 saturated carbocycles.